The van der Waals surface area contributed by atoms with Gasteiger partial charge in [0.15, 0.2) is 0 Å². The predicted octanol–water partition coefficient (Wildman–Crippen LogP) is 1.62. The molecule has 0 atom stereocenters. The highest BCUT2D eigenvalue weighted by Crippen LogP contribution is 2.24. The number of anilines is 2. The van der Waals surface area contributed by atoms with Gasteiger partial charge in [0, 0.05) is 34.3 Å². The van der Waals surface area contributed by atoms with Crippen molar-refractivity contribution < 1.29 is 0 Å². The van der Waals surface area contributed by atoms with Crippen LogP contribution in [0.2, 0.25) is 0 Å². The highest BCUT2D eigenvalue weighted by atomic mass is 15.1. The van der Waals surface area contributed by atoms with Crippen molar-refractivity contribution in [2.45, 2.75) is 0 Å². The van der Waals surface area contributed by atoms with Crippen molar-refractivity contribution in [3.05, 3.63) is 24.3 Å². The van der Waals surface area contributed by atoms with E-state index < -0.39 is 0 Å². The molecule has 0 heterocycles. The van der Waals surface area contributed by atoms with Gasteiger partial charge in [-0.3, -0.25) is 0 Å². The maximum Gasteiger partial charge on any atom is 0.0679 e. The van der Waals surface area contributed by atoms with Crippen molar-refractivity contribution in [3.63, 3.8) is 0 Å². The monoisotopic (exact) mass is 163 g/mol. The van der Waals surface area contributed by atoms with Crippen LogP contribution >= 0.6 is 0 Å². The zero-order valence-electron chi connectivity index (χ0n) is 8.13. The van der Waals surface area contributed by atoms with E-state index in [0.29, 0.717) is 0 Å². The van der Waals surface area contributed by atoms with Gasteiger partial charge < -0.3 is 9.80 Å². The Morgan fingerprint density at radius 2 is 1.75 bits per heavy atom. The Morgan fingerprint density at radius 3 is 2.17 bits per heavy atom. The average Bonchev–Trinajstić information content (AvgIpc) is 2.04. The molecule has 0 bridgehead atoms. The van der Waals surface area contributed by atoms with Crippen LogP contribution in [0.1, 0.15) is 0 Å². The summed E-state index contributed by atoms with van der Waals surface area (Å²) in [5.41, 5.74) is 2.32. The first kappa shape index (κ1) is 8.91. The minimum absolute atomic E-state index is 1.13. The number of para-hydroxylation sites is 1. The minimum Gasteiger partial charge on any atom is -0.376 e. The van der Waals surface area contributed by atoms with Crippen LogP contribution in [0.4, 0.5) is 11.4 Å². The van der Waals surface area contributed by atoms with Gasteiger partial charge in [-0.15, -0.1) is 0 Å². The molecule has 0 saturated carbocycles. The van der Waals surface area contributed by atoms with Crippen LogP contribution in [0, 0.1) is 6.07 Å². The largest absolute Gasteiger partial charge is 0.376 e. The van der Waals surface area contributed by atoms with Crippen LogP contribution in [0.25, 0.3) is 0 Å². The van der Waals surface area contributed by atoms with Gasteiger partial charge in [0.05, 0.1) is 11.4 Å². The summed E-state index contributed by atoms with van der Waals surface area (Å²) < 4.78 is 0. The van der Waals surface area contributed by atoms with E-state index >= 15 is 0 Å². The molecule has 2 heteroatoms. The third kappa shape index (κ3) is 1.70. The molecule has 0 fully saturated rings. The molecule has 0 spiro atoms. The zero-order chi connectivity index (χ0) is 9.14. The smallest absolute Gasteiger partial charge is 0.0679 e. The SMILES string of the molecule is CN(C)c1[c]cccc1N(C)C. The van der Waals surface area contributed by atoms with Crippen molar-refractivity contribution in [2.75, 3.05) is 38.0 Å². The second kappa shape index (κ2) is 3.48. The Kier molecular flexibility index (Phi) is 2.58. The van der Waals surface area contributed by atoms with E-state index in [-0.39, 0.29) is 0 Å². The fourth-order valence-electron chi connectivity index (χ4n) is 1.14. The fraction of sp³-hybridized carbons (Fsp3) is 0.400. The lowest BCUT2D eigenvalue weighted by atomic mass is 10.2. The van der Waals surface area contributed by atoms with Crippen LogP contribution < -0.4 is 9.80 Å². The molecular weight excluding hydrogens is 148 g/mol. The Labute approximate surface area is 74.4 Å². The third-order valence-electron chi connectivity index (χ3n) is 1.74. The Bertz CT molecular complexity index is 227. The number of rotatable bonds is 2. The molecule has 1 aromatic rings. The highest BCUT2D eigenvalue weighted by Gasteiger charge is 2.03. The lowest BCUT2D eigenvalue weighted by Crippen LogP contribution is -2.16. The predicted molar refractivity (Wildman–Crippen MR) is 53.9 cm³/mol. The topological polar surface area (TPSA) is 6.48 Å². The quantitative estimate of drug-likeness (QED) is 0.653. The van der Waals surface area contributed by atoms with Gasteiger partial charge in [-0.2, -0.15) is 0 Å². The molecule has 0 unspecified atom stereocenters. The first-order chi connectivity index (χ1) is 5.63. The molecule has 12 heavy (non-hydrogen) atoms. The van der Waals surface area contributed by atoms with E-state index in [2.05, 4.69) is 21.9 Å². The Morgan fingerprint density at radius 1 is 1.08 bits per heavy atom. The summed E-state index contributed by atoms with van der Waals surface area (Å²) in [5.74, 6) is 0. The molecule has 0 saturated heterocycles. The lowest BCUT2D eigenvalue weighted by Gasteiger charge is -2.21. The third-order valence-corrected chi connectivity index (χ3v) is 1.74. The fourth-order valence-corrected chi connectivity index (χ4v) is 1.14. The summed E-state index contributed by atoms with van der Waals surface area (Å²) in [6.45, 7) is 0. The molecule has 0 amide bonds. The zero-order valence-corrected chi connectivity index (χ0v) is 8.13. The molecular formula is C10H15N2. The number of nitrogens with zero attached hydrogens (tertiary/aromatic N) is 2. The Balaban J connectivity index is 3.09. The van der Waals surface area contributed by atoms with Gasteiger partial charge in [-0.25, -0.2) is 0 Å². The molecule has 0 N–H and O–H groups in total. The molecule has 1 radical (unpaired) electrons. The second-order valence-corrected chi connectivity index (χ2v) is 3.19. The number of hydrogen-bond donors (Lipinski definition) is 0. The number of benzene rings is 1. The second-order valence-electron chi connectivity index (χ2n) is 3.19. The summed E-state index contributed by atoms with van der Waals surface area (Å²) in [4.78, 5) is 4.15. The van der Waals surface area contributed by atoms with Crippen LogP contribution in [0.15, 0.2) is 18.2 Å². The van der Waals surface area contributed by atoms with E-state index in [0.717, 1.165) is 5.69 Å². The maximum absolute atomic E-state index is 3.20. The summed E-state index contributed by atoms with van der Waals surface area (Å²) in [7, 11) is 8.13. The summed E-state index contributed by atoms with van der Waals surface area (Å²) in [6.07, 6.45) is 0. The van der Waals surface area contributed by atoms with Crippen LogP contribution in [0.5, 0.6) is 0 Å². The summed E-state index contributed by atoms with van der Waals surface area (Å²) in [6, 6.07) is 9.23. The average molecular weight is 163 g/mol. The molecule has 1 rings (SSSR count). The van der Waals surface area contributed by atoms with Crippen molar-refractivity contribution in [1.82, 2.24) is 0 Å². The van der Waals surface area contributed by atoms with E-state index in [1.54, 1.807) is 0 Å². The van der Waals surface area contributed by atoms with Crippen molar-refractivity contribution in [1.29, 1.82) is 0 Å². The van der Waals surface area contributed by atoms with Gasteiger partial charge >= 0.3 is 0 Å². The minimum atomic E-state index is 1.13. The van der Waals surface area contributed by atoms with Crippen LogP contribution in [-0.2, 0) is 0 Å². The van der Waals surface area contributed by atoms with Gasteiger partial charge in [-0.1, -0.05) is 12.1 Å². The van der Waals surface area contributed by atoms with Crippen molar-refractivity contribution >= 4 is 11.4 Å². The van der Waals surface area contributed by atoms with Crippen LogP contribution in [0.3, 0.4) is 0 Å². The Hall–Kier alpha value is -1.18. The summed E-state index contributed by atoms with van der Waals surface area (Å²) >= 11 is 0. The summed E-state index contributed by atoms with van der Waals surface area (Å²) in [5, 5.41) is 0. The molecule has 1 aromatic carbocycles. The highest BCUT2D eigenvalue weighted by molar-refractivity contribution is 5.69. The lowest BCUT2D eigenvalue weighted by molar-refractivity contribution is 1.07. The first-order valence-electron chi connectivity index (χ1n) is 3.98. The molecule has 0 aromatic heterocycles. The molecule has 0 aliphatic heterocycles. The van der Waals surface area contributed by atoms with Gasteiger partial charge in [-0.05, 0) is 6.07 Å². The van der Waals surface area contributed by atoms with Gasteiger partial charge in [0.1, 0.15) is 0 Å². The van der Waals surface area contributed by atoms with E-state index in [9.17, 15) is 0 Å². The molecule has 0 aliphatic carbocycles. The van der Waals surface area contributed by atoms with Gasteiger partial charge in [0.25, 0.3) is 0 Å². The van der Waals surface area contributed by atoms with Crippen LogP contribution in [-0.4, -0.2) is 28.2 Å². The van der Waals surface area contributed by atoms with Crippen molar-refractivity contribution in [3.8, 4) is 0 Å². The van der Waals surface area contributed by atoms with E-state index in [4.69, 9.17) is 0 Å². The van der Waals surface area contributed by atoms with E-state index in [1.807, 2.05) is 40.3 Å². The first-order valence-corrected chi connectivity index (χ1v) is 3.98. The maximum atomic E-state index is 3.20. The molecule has 0 aliphatic rings. The normalized spacial score (nSPS) is 9.67. The van der Waals surface area contributed by atoms with Crippen molar-refractivity contribution in [2.24, 2.45) is 0 Å². The molecule has 2 nitrogen and oxygen atoms in total. The van der Waals surface area contributed by atoms with E-state index in [1.165, 1.54) is 5.69 Å². The standard InChI is InChI=1S/C10H15N2/c1-11(2)9-7-5-6-8-10(9)12(3)4/h5-7H,1-4H3. The van der Waals surface area contributed by atoms with Gasteiger partial charge in [0.2, 0.25) is 0 Å². The number of hydrogen-bond acceptors (Lipinski definition) is 2. The molecule has 65 valence electrons.